The van der Waals surface area contributed by atoms with Gasteiger partial charge in [-0.2, -0.15) is 0 Å². The van der Waals surface area contributed by atoms with Crippen molar-refractivity contribution in [1.82, 2.24) is 0 Å². The van der Waals surface area contributed by atoms with Crippen molar-refractivity contribution in [2.45, 2.75) is 122 Å². The van der Waals surface area contributed by atoms with Crippen LogP contribution < -0.4 is 0 Å². The molecular weight excluding hydrogens is 328 g/mol. The van der Waals surface area contributed by atoms with Crippen LogP contribution in [0, 0.1) is 5.92 Å². The van der Waals surface area contributed by atoms with Gasteiger partial charge in [-0.15, -0.1) is 0 Å². The van der Waals surface area contributed by atoms with Crippen LogP contribution in [0.3, 0.4) is 0 Å². The van der Waals surface area contributed by atoms with Crippen LogP contribution in [0.5, 0.6) is 0 Å². The van der Waals surface area contributed by atoms with Crippen LogP contribution in [0.15, 0.2) is 0 Å². The Morgan fingerprint density at radius 2 is 1.12 bits per heavy atom. The van der Waals surface area contributed by atoms with E-state index in [0.29, 0.717) is 6.42 Å². The van der Waals surface area contributed by atoms with E-state index < -0.39 is 18.0 Å². The molecule has 0 fully saturated rings. The topological polar surface area (TPSA) is 77.8 Å². The number of aliphatic hydroxyl groups excluding tert-OH is 2. The number of unbranched alkanes of at least 4 members (excludes halogenated alkanes) is 14. The fraction of sp³-hybridized carbons (Fsp3) is 0.955. The molecule has 0 heterocycles. The maximum Gasteiger partial charge on any atom is 0.306 e. The van der Waals surface area contributed by atoms with Gasteiger partial charge in [0.15, 0.2) is 0 Å². The van der Waals surface area contributed by atoms with E-state index in [2.05, 4.69) is 6.92 Å². The van der Waals surface area contributed by atoms with Crippen LogP contribution in [-0.2, 0) is 4.79 Å². The van der Waals surface area contributed by atoms with Gasteiger partial charge in [0.25, 0.3) is 0 Å². The molecule has 0 radical (unpaired) electrons. The lowest BCUT2D eigenvalue weighted by Crippen LogP contribution is -2.23. The number of aliphatic carboxylic acids is 1. The lowest BCUT2D eigenvalue weighted by atomic mass is 9.94. The minimum atomic E-state index is -0.910. The summed E-state index contributed by atoms with van der Waals surface area (Å²) in [4.78, 5) is 11.1. The molecule has 2 unspecified atom stereocenters. The molecule has 0 aromatic carbocycles. The number of carbonyl (C=O) groups is 1. The molecule has 0 aliphatic carbocycles. The molecule has 156 valence electrons. The van der Waals surface area contributed by atoms with Crippen molar-refractivity contribution in [3.05, 3.63) is 0 Å². The van der Waals surface area contributed by atoms with Crippen molar-refractivity contribution < 1.29 is 20.1 Å². The summed E-state index contributed by atoms with van der Waals surface area (Å²) in [7, 11) is 0. The zero-order chi connectivity index (χ0) is 19.5. The van der Waals surface area contributed by atoms with Crippen molar-refractivity contribution in [3.63, 3.8) is 0 Å². The molecule has 0 amide bonds. The van der Waals surface area contributed by atoms with Crippen LogP contribution >= 0.6 is 0 Å². The average Bonchev–Trinajstić information content (AvgIpc) is 2.63. The second-order valence-electron chi connectivity index (χ2n) is 7.85. The highest BCUT2D eigenvalue weighted by Gasteiger charge is 2.20. The highest BCUT2D eigenvalue weighted by Crippen LogP contribution is 2.18. The summed E-state index contributed by atoms with van der Waals surface area (Å²) in [6.45, 7) is 1.90. The molecule has 4 heteroatoms. The Morgan fingerprint density at radius 3 is 1.46 bits per heavy atom. The summed E-state index contributed by atoms with van der Waals surface area (Å²) in [5.74, 6) is -1.39. The molecule has 2 atom stereocenters. The van der Waals surface area contributed by atoms with Crippen molar-refractivity contribution in [2.75, 3.05) is 6.61 Å². The van der Waals surface area contributed by atoms with E-state index in [1.165, 1.54) is 83.5 Å². The third-order valence-electron chi connectivity index (χ3n) is 5.27. The highest BCUT2D eigenvalue weighted by atomic mass is 16.4. The summed E-state index contributed by atoms with van der Waals surface area (Å²) in [5.41, 5.74) is 0. The van der Waals surface area contributed by atoms with Crippen molar-refractivity contribution in [1.29, 1.82) is 0 Å². The number of hydrogen-bond donors (Lipinski definition) is 3. The molecule has 0 saturated carbocycles. The maximum absolute atomic E-state index is 11.1. The fourth-order valence-corrected chi connectivity index (χ4v) is 3.51. The van der Waals surface area contributed by atoms with E-state index >= 15 is 0 Å². The molecule has 3 N–H and O–H groups in total. The number of carboxylic acid groups (broad SMARTS) is 1. The third kappa shape index (κ3) is 16.8. The molecular formula is C22H44O4. The zero-order valence-electron chi connectivity index (χ0n) is 17.1. The SMILES string of the molecule is CCCCCCCCCCCCCCCCCC(CC(O)CO)C(=O)O. The summed E-state index contributed by atoms with van der Waals surface area (Å²) >= 11 is 0. The van der Waals surface area contributed by atoms with Crippen LogP contribution in [-0.4, -0.2) is 34.0 Å². The van der Waals surface area contributed by atoms with Gasteiger partial charge in [0.1, 0.15) is 0 Å². The minimum Gasteiger partial charge on any atom is -0.481 e. The Balaban J connectivity index is 3.33. The van der Waals surface area contributed by atoms with E-state index in [1.54, 1.807) is 0 Å². The first-order valence-corrected chi connectivity index (χ1v) is 11.1. The summed E-state index contributed by atoms with van der Waals surface area (Å²) in [6.07, 6.45) is 19.3. The van der Waals surface area contributed by atoms with E-state index in [4.69, 9.17) is 10.2 Å². The quantitative estimate of drug-likeness (QED) is 0.240. The second kappa shape index (κ2) is 19.2. The second-order valence-corrected chi connectivity index (χ2v) is 7.85. The Morgan fingerprint density at radius 1 is 0.731 bits per heavy atom. The molecule has 0 aliphatic heterocycles. The molecule has 4 nitrogen and oxygen atoms in total. The first-order chi connectivity index (χ1) is 12.6. The Hall–Kier alpha value is -0.610. The Labute approximate surface area is 161 Å². The van der Waals surface area contributed by atoms with E-state index in [1.807, 2.05) is 0 Å². The predicted molar refractivity (Wildman–Crippen MR) is 108 cm³/mol. The largest absolute Gasteiger partial charge is 0.481 e. The molecule has 0 spiro atoms. The van der Waals surface area contributed by atoms with Gasteiger partial charge in [-0.05, 0) is 12.8 Å². The number of hydrogen-bond acceptors (Lipinski definition) is 3. The smallest absolute Gasteiger partial charge is 0.306 e. The first-order valence-electron chi connectivity index (χ1n) is 11.1. The van der Waals surface area contributed by atoms with E-state index in [0.717, 1.165) is 12.8 Å². The first kappa shape index (κ1) is 25.4. The molecule has 0 saturated heterocycles. The number of carboxylic acids is 1. The molecule has 0 bridgehead atoms. The van der Waals surface area contributed by atoms with Gasteiger partial charge in [0, 0.05) is 0 Å². The van der Waals surface area contributed by atoms with Crippen LogP contribution in [0.25, 0.3) is 0 Å². The zero-order valence-corrected chi connectivity index (χ0v) is 17.1. The van der Waals surface area contributed by atoms with Gasteiger partial charge in [-0.3, -0.25) is 4.79 Å². The normalized spacial score (nSPS) is 13.7. The maximum atomic E-state index is 11.1. The van der Waals surface area contributed by atoms with E-state index in [9.17, 15) is 9.90 Å². The third-order valence-corrected chi connectivity index (χ3v) is 5.27. The Bertz CT molecular complexity index is 307. The monoisotopic (exact) mass is 372 g/mol. The van der Waals surface area contributed by atoms with Gasteiger partial charge in [-0.1, -0.05) is 103 Å². The standard InChI is InChI=1S/C22H44O4/c1-2-3-4-5-6-7-8-9-10-11-12-13-14-15-16-17-20(22(25)26)18-21(24)19-23/h20-21,23-24H,2-19H2,1H3,(H,25,26). The van der Waals surface area contributed by atoms with Crippen LogP contribution in [0.1, 0.15) is 116 Å². The molecule has 0 aromatic rings. The highest BCUT2D eigenvalue weighted by molar-refractivity contribution is 5.69. The summed E-state index contributed by atoms with van der Waals surface area (Å²) < 4.78 is 0. The molecule has 0 rings (SSSR count). The minimum absolute atomic E-state index is 0.157. The van der Waals surface area contributed by atoms with Crippen LogP contribution in [0.2, 0.25) is 0 Å². The summed E-state index contributed by atoms with van der Waals surface area (Å²) in [6, 6.07) is 0. The number of rotatable bonds is 20. The molecule has 26 heavy (non-hydrogen) atoms. The van der Waals surface area contributed by atoms with Gasteiger partial charge in [0.05, 0.1) is 18.6 Å². The number of aliphatic hydroxyl groups is 2. The van der Waals surface area contributed by atoms with Gasteiger partial charge in [-0.25, -0.2) is 0 Å². The van der Waals surface area contributed by atoms with Crippen molar-refractivity contribution in [2.24, 2.45) is 5.92 Å². The van der Waals surface area contributed by atoms with Crippen molar-refractivity contribution in [3.8, 4) is 0 Å². The van der Waals surface area contributed by atoms with Crippen molar-refractivity contribution >= 4 is 5.97 Å². The van der Waals surface area contributed by atoms with Gasteiger partial charge >= 0.3 is 5.97 Å². The van der Waals surface area contributed by atoms with E-state index in [-0.39, 0.29) is 13.0 Å². The summed E-state index contributed by atoms with van der Waals surface area (Å²) in [5, 5.41) is 27.4. The lowest BCUT2D eigenvalue weighted by Gasteiger charge is -2.15. The lowest BCUT2D eigenvalue weighted by molar-refractivity contribution is -0.143. The Kier molecular flexibility index (Phi) is 18.7. The predicted octanol–water partition coefficient (Wildman–Crippen LogP) is 5.69. The van der Waals surface area contributed by atoms with Crippen LogP contribution in [0.4, 0.5) is 0 Å². The fourth-order valence-electron chi connectivity index (χ4n) is 3.51. The molecule has 0 aliphatic rings. The van der Waals surface area contributed by atoms with Gasteiger partial charge in [0.2, 0.25) is 0 Å². The molecule has 0 aromatic heterocycles. The average molecular weight is 373 g/mol. The van der Waals surface area contributed by atoms with Gasteiger partial charge < -0.3 is 15.3 Å².